The van der Waals surface area contributed by atoms with Gasteiger partial charge >= 0.3 is 0 Å². The van der Waals surface area contributed by atoms with Crippen molar-refractivity contribution in [1.29, 1.82) is 0 Å². The van der Waals surface area contributed by atoms with Crippen molar-refractivity contribution in [3.63, 3.8) is 0 Å². The fourth-order valence-corrected chi connectivity index (χ4v) is 4.02. The third-order valence-electron chi connectivity index (χ3n) is 5.30. The molecular weight excluding hydrogens is 451 g/mol. The van der Waals surface area contributed by atoms with E-state index < -0.39 is 17.7 Å². The Morgan fingerprint density at radius 1 is 1.09 bits per heavy atom. The normalized spacial score (nSPS) is 17.6. The zero-order chi connectivity index (χ0) is 23.0. The third-order valence-corrected chi connectivity index (χ3v) is 6.02. The Bertz CT molecular complexity index is 1260. The van der Waals surface area contributed by atoms with E-state index in [1.54, 1.807) is 54.9 Å². The van der Waals surface area contributed by atoms with Crippen LogP contribution in [0.5, 0.6) is 5.75 Å². The number of amides is 1. The first-order valence-corrected chi connectivity index (χ1v) is 10.4. The Morgan fingerprint density at radius 3 is 2.53 bits per heavy atom. The number of aryl methyl sites for hydroxylation is 1. The summed E-state index contributed by atoms with van der Waals surface area (Å²) in [5.41, 5.74) is 2.05. The molecule has 1 unspecified atom stereocenters. The molecule has 1 saturated heterocycles. The predicted molar refractivity (Wildman–Crippen MR) is 123 cm³/mol. The van der Waals surface area contributed by atoms with Crippen LogP contribution in [0.15, 0.2) is 66.5 Å². The summed E-state index contributed by atoms with van der Waals surface area (Å²) < 4.78 is 5.22. The van der Waals surface area contributed by atoms with E-state index in [-0.39, 0.29) is 11.3 Å². The monoisotopic (exact) mass is 468 g/mol. The molecule has 0 bridgehead atoms. The number of carbonyl (C=O) groups is 2. The second-order valence-corrected chi connectivity index (χ2v) is 8.05. The van der Waals surface area contributed by atoms with Crippen molar-refractivity contribution in [3.8, 4) is 5.75 Å². The number of pyridine rings is 1. The maximum atomic E-state index is 13.1. The van der Waals surface area contributed by atoms with Gasteiger partial charge in [-0.15, -0.1) is 0 Å². The van der Waals surface area contributed by atoms with E-state index in [1.165, 1.54) is 18.1 Å². The lowest BCUT2D eigenvalue weighted by Crippen LogP contribution is -2.29. The van der Waals surface area contributed by atoms with Crippen LogP contribution in [-0.4, -0.2) is 28.9 Å². The second kappa shape index (κ2) is 8.65. The van der Waals surface area contributed by atoms with Crippen LogP contribution < -0.4 is 9.64 Å². The van der Waals surface area contributed by atoms with Gasteiger partial charge in [0.15, 0.2) is 0 Å². The summed E-state index contributed by atoms with van der Waals surface area (Å²) in [4.78, 5) is 31.7. The Labute approximate surface area is 194 Å². The molecule has 0 spiro atoms. The van der Waals surface area contributed by atoms with Gasteiger partial charge in [0.1, 0.15) is 11.5 Å². The summed E-state index contributed by atoms with van der Waals surface area (Å²) in [5, 5.41) is 12.0. The number of ketones is 1. The first kappa shape index (κ1) is 21.9. The van der Waals surface area contributed by atoms with Gasteiger partial charge in [0, 0.05) is 28.7 Å². The van der Waals surface area contributed by atoms with Gasteiger partial charge in [-0.2, -0.15) is 0 Å². The summed E-state index contributed by atoms with van der Waals surface area (Å²) >= 11 is 12.4. The third kappa shape index (κ3) is 3.72. The largest absolute Gasteiger partial charge is 0.507 e. The highest BCUT2D eigenvalue weighted by atomic mass is 35.5. The number of nitrogens with zero attached hydrogens (tertiary/aromatic N) is 2. The molecule has 0 aliphatic carbocycles. The summed E-state index contributed by atoms with van der Waals surface area (Å²) in [6, 6.07) is 12.2. The number of benzene rings is 2. The molecule has 2 aromatic carbocycles. The van der Waals surface area contributed by atoms with Crippen molar-refractivity contribution >= 4 is 46.3 Å². The van der Waals surface area contributed by atoms with Crippen LogP contribution in [0.2, 0.25) is 10.0 Å². The standard InChI is InChI=1S/C24H18Cl2N2O4/c1-13-5-7-16(11-18(13)26)28-21(15-4-3-9-27-12-15)20(23(30)24(28)31)22(29)14-6-8-17(25)19(10-14)32-2/h3-12,21,29H,1-2H3/b22-20+. The van der Waals surface area contributed by atoms with Crippen molar-refractivity contribution in [1.82, 2.24) is 4.98 Å². The molecule has 6 nitrogen and oxygen atoms in total. The molecule has 0 radical (unpaired) electrons. The van der Waals surface area contributed by atoms with Gasteiger partial charge in [0.25, 0.3) is 11.7 Å². The number of Topliss-reactive ketones (excluding diaryl/α,β-unsaturated/α-hetero) is 1. The van der Waals surface area contributed by atoms with Gasteiger partial charge in [-0.1, -0.05) is 35.3 Å². The number of rotatable bonds is 4. The lowest BCUT2D eigenvalue weighted by molar-refractivity contribution is -0.132. The maximum Gasteiger partial charge on any atom is 0.300 e. The number of hydrogen-bond acceptors (Lipinski definition) is 5. The summed E-state index contributed by atoms with van der Waals surface area (Å²) in [6.07, 6.45) is 3.14. The molecule has 1 aliphatic heterocycles. The van der Waals surface area contributed by atoms with E-state index in [0.717, 1.165) is 5.56 Å². The van der Waals surface area contributed by atoms with E-state index in [9.17, 15) is 14.7 Å². The van der Waals surface area contributed by atoms with E-state index >= 15 is 0 Å². The highest BCUT2D eigenvalue weighted by Crippen LogP contribution is 2.43. The minimum absolute atomic E-state index is 0.0657. The molecular formula is C24H18Cl2N2O4. The van der Waals surface area contributed by atoms with Gasteiger partial charge in [0.05, 0.1) is 23.7 Å². The molecule has 32 heavy (non-hydrogen) atoms. The second-order valence-electron chi connectivity index (χ2n) is 7.24. The van der Waals surface area contributed by atoms with Gasteiger partial charge in [-0.3, -0.25) is 19.5 Å². The number of halogens is 2. The summed E-state index contributed by atoms with van der Waals surface area (Å²) in [5.74, 6) is -1.61. The number of anilines is 1. The molecule has 4 rings (SSSR count). The van der Waals surface area contributed by atoms with Crippen LogP contribution in [0.25, 0.3) is 5.76 Å². The number of methoxy groups -OCH3 is 1. The van der Waals surface area contributed by atoms with Gasteiger partial charge in [0.2, 0.25) is 0 Å². The molecule has 1 aliphatic rings. The van der Waals surface area contributed by atoms with Gasteiger partial charge in [-0.05, 0) is 54.4 Å². The number of hydrogen-bond donors (Lipinski definition) is 1. The number of ether oxygens (including phenoxy) is 1. The number of carbonyl (C=O) groups excluding carboxylic acids is 2. The van der Waals surface area contributed by atoms with Crippen LogP contribution in [0, 0.1) is 6.92 Å². The van der Waals surface area contributed by atoms with Crippen LogP contribution in [-0.2, 0) is 9.59 Å². The average molecular weight is 469 g/mol. The minimum atomic E-state index is -0.899. The quantitative estimate of drug-likeness (QED) is 0.317. The topological polar surface area (TPSA) is 79.7 Å². The van der Waals surface area contributed by atoms with E-state index in [1.807, 2.05) is 6.92 Å². The van der Waals surface area contributed by atoms with Crippen molar-refractivity contribution in [2.24, 2.45) is 0 Å². The molecule has 1 atom stereocenters. The van der Waals surface area contributed by atoms with Crippen LogP contribution in [0.1, 0.15) is 22.7 Å². The Hall–Kier alpha value is -3.35. The van der Waals surface area contributed by atoms with Crippen LogP contribution >= 0.6 is 23.2 Å². The molecule has 162 valence electrons. The molecule has 1 amide bonds. The Kier molecular flexibility index (Phi) is 5.91. The Morgan fingerprint density at radius 2 is 1.88 bits per heavy atom. The van der Waals surface area contributed by atoms with Crippen molar-refractivity contribution in [2.45, 2.75) is 13.0 Å². The SMILES string of the molecule is COc1cc(/C(O)=C2\C(=O)C(=O)N(c3ccc(C)c(Cl)c3)C2c2cccnc2)ccc1Cl. The highest BCUT2D eigenvalue weighted by Gasteiger charge is 2.47. The highest BCUT2D eigenvalue weighted by molar-refractivity contribution is 6.51. The van der Waals surface area contributed by atoms with E-state index in [2.05, 4.69) is 4.98 Å². The summed E-state index contributed by atoms with van der Waals surface area (Å²) in [7, 11) is 1.45. The lowest BCUT2D eigenvalue weighted by atomic mass is 9.96. The Balaban J connectivity index is 1.95. The average Bonchev–Trinajstić information content (AvgIpc) is 3.06. The van der Waals surface area contributed by atoms with Crippen molar-refractivity contribution in [3.05, 3.63) is 93.2 Å². The molecule has 0 saturated carbocycles. The predicted octanol–water partition coefficient (Wildman–Crippen LogP) is 5.33. The fraction of sp³-hybridized carbons (Fsp3) is 0.125. The van der Waals surface area contributed by atoms with E-state index in [4.69, 9.17) is 27.9 Å². The van der Waals surface area contributed by atoms with Crippen molar-refractivity contribution in [2.75, 3.05) is 12.0 Å². The molecule has 1 fully saturated rings. The van der Waals surface area contributed by atoms with E-state index in [0.29, 0.717) is 32.6 Å². The van der Waals surface area contributed by atoms with Crippen molar-refractivity contribution < 1.29 is 19.4 Å². The fourth-order valence-electron chi connectivity index (χ4n) is 3.65. The molecule has 1 aromatic heterocycles. The smallest absolute Gasteiger partial charge is 0.300 e. The first-order chi connectivity index (χ1) is 15.3. The zero-order valence-corrected chi connectivity index (χ0v) is 18.7. The van der Waals surface area contributed by atoms with Gasteiger partial charge < -0.3 is 9.84 Å². The van der Waals surface area contributed by atoms with Crippen LogP contribution in [0.4, 0.5) is 5.69 Å². The maximum absolute atomic E-state index is 13.1. The number of aliphatic hydroxyl groups excluding tert-OH is 1. The molecule has 2 heterocycles. The molecule has 1 N–H and O–H groups in total. The molecule has 8 heteroatoms. The zero-order valence-electron chi connectivity index (χ0n) is 17.2. The number of aliphatic hydroxyl groups is 1. The number of aromatic nitrogens is 1. The first-order valence-electron chi connectivity index (χ1n) is 9.64. The minimum Gasteiger partial charge on any atom is -0.507 e. The molecule has 3 aromatic rings. The lowest BCUT2D eigenvalue weighted by Gasteiger charge is -2.25. The van der Waals surface area contributed by atoms with Gasteiger partial charge in [-0.25, -0.2) is 0 Å². The van der Waals surface area contributed by atoms with Crippen LogP contribution in [0.3, 0.4) is 0 Å². The summed E-state index contributed by atoms with van der Waals surface area (Å²) in [6.45, 7) is 1.84.